The molecule has 0 rings (SSSR count). The minimum Gasteiger partial charge on any atom is -0.474 e. The van der Waals surface area contributed by atoms with Crippen molar-refractivity contribution in [2.45, 2.75) is 19.6 Å². The van der Waals surface area contributed by atoms with Crippen molar-refractivity contribution in [3.05, 3.63) is 38.3 Å². The highest BCUT2D eigenvalue weighted by Crippen LogP contribution is 1.92. The second-order valence-electron chi connectivity index (χ2n) is 1.97. The molecule has 0 aromatic carbocycles. The van der Waals surface area contributed by atoms with E-state index in [-0.39, 0.29) is 0 Å². The highest BCUT2D eigenvalue weighted by atomic mass is 16.6. The van der Waals surface area contributed by atoms with Gasteiger partial charge in [-0.25, -0.2) is 4.79 Å². The van der Waals surface area contributed by atoms with Crippen molar-refractivity contribution in [2.75, 3.05) is 0 Å². The predicted octanol–water partition coefficient (Wildman–Crippen LogP) is 1.73. The van der Waals surface area contributed by atoms with Crippen LogP contribution >= 0.6 is 0 Å². The lowest BCUT2D eigenvalue weighted by atomic mass is 10.5. The molecule has 80 valence electrons. The summed E-state index contributed by atoms with van der Waals surface area (Å²) in [5, 5.41) is 8.67. The van der Waals surface area contributed by atoms with Crippen molar-refractivity contribution in [1.82, 2.24) is 0 Å². The first kappa shape index (κ1) is 14.9. The summed E-state index contributed by atoms with van der Waals surface area (Å²) in [7, 11) is 0. The SMILES string of the molecule is C=CC(=O)OC(O)CC.C=COC=C. The molecular weight excluding hydrogens is 184 g/mol. The van der Waals surface area contributed by atoms with Gasteiger partial charge in [-0.1, -0.05) is 26.7 Å². The fourth-order valence-corrected chi connectivity index (χ4v) is 0.334. The fraction of sp³-hybridized carbons (Fsp3) is 0.300. The topological polar surface area (TPSA) is 55.8 Å². The average molecular weight is 200 g/mol. The zero-order valence-corrected chi connectivity index (χ0v) is 8.31. The molecule has 0 saturated carbocycles. The van der Waals surface area contributed by atoms with Crippen LogP contribution in [0.1, 0.15) is 13.3 Å². The van der Waals surface area contributed by atoms with Gasteiger partial charge in [-0.2, -0.15) is 0 Å². The maximum atomic E-state index is 10.3. The van der Waals surface area contributed by atoms with Gasteiger partial charge in [0, 0.05) is 12.5 Å². The molecule has 0 saturated heterocycles. The Morgan fingerprint density at radius 2 is 1.93 bits per heavy atom. The van der Waals surface area contributed by atoms with E-state index in [2.05, 4.69) is 29.2 Å². The summed E-state index contributed by atoms with van der Waals surface area (Å²) >= 11 is 0. The zero-order chi connectivity index (χ0) is 11.4. The molecule has 0 aliphatic rings. The van der Waals surface area contributed by atoms with Gasteiger partial charge in [0.15, 0.2) is 0 Å². The second kappa shape index (κ2) is 11.4. The van der Waals surface area contributed by atoms with E-state index in [9.17, 15) is 4.79 Å². The maximum absolute atomic E-state index is 10.3. The first-order chi connectivity index (χ1) is 6.62. The van der Waals surface area contributed by atoms with Crippen LogP contribution in [-0.2, 0) is 14.3 Å². The molecular formula is C10H16O4. The van der Waals surface area contributed by atoms with E-state index in [4.69, 9.17) is 5.11 Å². The largest absolute Gasteiger partial charge is 0.474 e. The average Bonchev–Trinajstić information content (AvgIpc) is 2.19. The Labute approximate surface area is 84.1 Å². The molecule has 1 atom stereocenters. The van der Waals surface area contributed by atoms with Crippen LogP contribution in [0.4, 0.5) is 0 Å². The van der Waals surface area contributed by atoms with Gasteiger partial charge >= 0.3 is 5.97 Å². The normalized spacial score (nSPS) is 9.86. The predicted molar refractivity (Wildman–Crippen MR) is 54.1 cm³/mol. The lowest BCUT2D eigenvalue weighted by molar-refractivity contribution is -0.161. The fourth-order valence-electron chi connectivity index (χ4n) is 0.334. The van der Waals surface area contributed by atoms with Gasteiger partial charge in [-0.05, 0) is 0 Å². The Morgan fingerprint density at radius 1 is 1.43 bits per heavy atom. The summed E-state index contributed by atoms with van der Waals surface area (Å²) in [6.45, 7) is 11.4. The van der Waals surface area contributed by atoms with E-state index in [1.807, 2.05) is 0 Å². The summed E-state index contributed by atoms with van der Waals surface area (Å²) in [4.78, 5) is 10.3. The minimum atomic E-state index is -0.990. The van der Waals surface area contributed by atoms with E-state index in [1.54, 1.807) is 6.92 Å². The molecule has 4 nitrogen and oxygen atoms in total. The summed E-state index contributed by atoms with van der Waals surface area (Å²) in [5.41, 5.74) is 0. The third-order valence-corrected chi connectivity index (χ3v) is 0.961. The van der Waals surface area contributed by atoms with Crippen LogP contribution in [0.15, 0.2) is 38.3 Å². The summed E-state index contributed by atoms with van der Waals surface area (Å²) in [5.74, 6) is -0.593. The van der Waals surface area contributed by atoms with Crippen molar-refractivity contribution >= 4 is 5.97 Å². The molecule has 14 heavy (non-hydrogen) atoms. The molecule has 0 bridgehead atoms. The van der Waals surface area contributed by atoms with Crippen LogP contribution in [0.2, 0.25) is 0 Å². The summed E-state index contributed by atoms with van der Waals surface area (Å²) in [6.07, 6.45) is 3.05. The number of ether oxygens (including phenoxy) is 2. The number of hydrogen-bond donors (Lipinski definition) is 1. The third kappa shape index (κ3) is 13.1. The first-order valence-electron chi connectivity index (χ1n) is 4.00. The Balaban J connectivity index is 0. The molecule has 0 aromatic rings. The van der Waals surface area contributed by atoms with Gasteiger partial charge in [0.05, 0.1) is 12.5 Å². The number of aliphatic hydroxyl groups excluding tert-OH is 1. The zero-order valence-electron chi connectivity index (χ0n) is 8.31. The first-order valence-corrected chi connectivity index (χ1v) is 4.00. The van der Waals surface area contributed by atoms with E-state index >= 15 is 0 Å². The second-order valence-corrected chi connectivity index (χ2v) is 1.97. The molecule has 0 aliphatic carbocycles. The Bertz CT molecular complexity index is 181. The van der Waals surface area contributed by atoms with E-state index in [1.165, 1.54) is 12.5 Å². The van der Waals surface area contributed by atoms with Crippen LogP contribution in [0.25, 0.3) is 0 Å². The number of aliphatic hydroxyl groups is 1. The standard InChI is InChI=1S/C6H10O3.C4H6O/c1-3-5(7)9-6(8)4-2;1-3-5-4-2/h3,6,8H,1,4H2,2H3;3-4H,1-2H2. The van der Waals surface area contributed by atoms with Gasteiger partial charge < -0.3 is 14.6 Å². The van der Waals surface area contributed by atoms with Crippen LogP contribution < -0.4 is 0 Å². The third-order valence-electron chi connectivity index (χ3n) is 0.961. The lowest BCUT2D eigenvalue weighted by Gasteiger charge is -2.05. The Kier molecular flexibility index (Phi) is 12.2. The van der Waals surface area contributed by atoms with Gasteiger partial charge in [-0.3, -0.25) is 0 Å². The minimum absolute atomic E-state index is 0.402. The highest BCUT2D eigenvalue weighted by Gasteiger charge is 2.02. The van der Waals surface area contributed by atoms with E-state index < -0.39 is 12.3 Å². The van der Waals surface area contributed by atoms with Crippen molar-refractivity contribution in [2.24, 2.45) is 0 Å². The van der Waals surface area contributed by atoms with Crippen LogP contribution in [-0.4, -0.2) is 17.4 Å². The van der Waals surface area contributed by atoms with Crippen molar-refractivity contribution < 1.29 is 19.4 Å². The Morgan fingerprint density at radius 3 is 2.14 bits per heavy atom. The molecule has 0 amide bonds. The van der Waals surface area contributed by atoms with Crippen molar-refractivity contribution in [3.8, 4) is 0 Å². The molecule has 0 fully saturated rings. The quantitative estimate of drug-likeness (QED) is 0.318. The highest BCUT2D eigenvalue weighted by molar-refractivity contribution is 5.81. The molecule has 0 radical (unpaired) electrons. The monoisotopic (exact) mass is 200 g/mol. The lowest BCUT2D eigenvalue weighted by Crippen LogP contribution is -2.14. The molecule has 0 heterocycles. The smallest absolute Gasteiger partial charge is 0.332 e. The molecule has 0 aromatic heterocycles. The molecule has 0 spiro atoms. The summed E-state index contributed by atoms with van der Waals surface area (Å²) < 4.78 is 8.71. The number of esters is 1. The van der Waals surface area contributed by atoms with Crippen LogP contribution in [0.5, 0.6) is 0 Å². The number of carbonyl (C=O) groups excluding carboxylic acids is 1. The van der Waals surface area contributed by atoms with Gasteiger partial charge in [-0.15, -0.1) is 0 Å². The van der Waals surface area contributed by atoms with Crippen molar-refractivity contribution in [1.29, 1.82) is 0 Å². The Hall–Kier alpha value is -1.55. The van der Waals surface area contributed by atoms with Gasteiger partial charge in [0.2, 0.25) is 6.29 Å². The maximum Gasteiger partial charge on any atom is 0.332 e. The number of rotatable bonds is 5. The van der Waals surface area contributed by atoms with E-state index in [0.29, 0.717) is 6.42 Å². The van der Waals surface area contributed by atoms with Crippen LogP contribution in [0, 0.1) is 0 Å². The van der Waals surface area contributed by atoms with Crippen molar-refractivity contribution in [3.63, 3.8) is 0 Å². The van der Waals surface area contributed by atoms with Gasteiger partial charge in [0.1, 0.15) is 0 Å². The van der Waals surface area contributed by atoms with Crippen LogP contribution in [0.3, 0.4) is 0 Å². The molecule has 1 N–H and O–H groups in total. The van der Waals surface area contributed by atoms with Gasteiger partial charge in [0.25, 0.3) is 0 Å². The molecule has 1 unspecified atom stereocenters. The number of carbonyl (C=O) groups is 1. The molecule has 0 aliphatic heterocycles. The molecule has 4 heteroatoms. The van der Waals surface area contributed by atoms with E-state index in [0.717, 1.165) is 6.08 Å². The number of hydrogen-bond acceptors (Lipinski definition) is 4. The summed E-state index contributed by atoms with van der Waals surface area (Å²) in [6, 6.07) is 0.